The summed E-state index contributed by atoms with van der Waals surface area (Å²) >= 11 is 0. The van der Waals surface area contributed by atoms with E-state index in [1.54, 1.807) is 12.1 Å². The van der Waals surface area contributed by atoms with Gasteiger partial charge < -0.3 is 4.74 Å². The highest BCUT2D eigenvalue weighted by Crippen LogP contribution is 2.22. The second-order valence-corrected chi connectivity index (χ2v) is 5.82. The molecule has 0 amide bonds. The standard InChI is InChI=1S/C20H17FN2O3/c1-2-9-26-20(25)16-10-13(7-8-17(16)21)11-18-14-5-3-4-6-15(14)19(12-24)23-22-18/h3-8,10,23H,2,9,11H2,1H3. The maximum absolute atomic E-state index is 14.0. The molecule has 0 bridgehead atoms. The third kappa shape index (κ3) is 3.55. The van der Waals surface area contributed by atoms with Crippen molar-refractivity contribution in [2.45, 2.75) is 19.8 Å². The average molecular weight is 352 g/mol. The molecule has 1 heterocycles. The number of benzene rings is 2. The molecule has 132 valence electrons. The molecule has 0 fully saturated rings. The van der Waals surface area contributed by atoms with Crippen LogP contribution < -0.4 is 5.43 Å². The van der Waals surface area contributed by atoms with Crippen LogP contribution >= 0.6 is 0 Å². The lowest BCUT2D eigenvalue weighted by Gasteiger charge is -2.18. The van der Waals surface area contributed by atoms with E-state index in [2.05, 4.69) is 10.5 Å². The Labute approximate surface area is 150 Å². The maximum atomic E-state index is 14.0. The van der Waals surface area contributed by atoms with E-state index in [1.807, 2.05) is 31.1 Å². The van der Waals surface area contributed by atoms with E-state index >= 15 is 0 Å². The van der Waals surface area contributed by atoms with Crippen molar-refractivity contribution < 1.29 is 18.7 Å². The maximum Gasteiger partial charge on any atom is 0.341 e. The number of hydrazone groups is 1. The number of hydrogen-bond acceptors (Lipinski definition) is 5. The van der Waals surface area contributed by atoms with E-state index in [1.165, 1.54) is 12.1 Å². The van der Waals surface area contributed by atoms with Crippen molar-refractivity contribution in [1.29, 1.82) is 0 Å². The molecule has 5 nitrogen and oxygen atoms in total. The fourth-order valence-electron chi connectivity index (χ4n) is 2.71. The molecule has 0 aliphatic carbocycles. The third-order valence-corrected chi connectivity index (χ3v) is 3.97. The highest BCUT2D eigenvalue weighted by molar-refractivity contribution is 6.09. The first kappa shape index (κ1) is 17.6. The predicted octanol–water partition coefficient (Wildman–Crippen LogP) is 3.12. The number of esters is 1. The van der Waals surface area contributed by atoms with Crippen LogP contribution in [0.15, 0.2) is 47.6 Å². The molecule has 0 aromatic heterocycles. The van der Waals surface area contributed by atoms with Crippen molar-refractivity contribution in [3.8, 4) is 0 Å². The molecule has 0 saturated heterocycles. The van der Waals surface area contributed by atoms with Crippen LogP contribution in [0.2, 0.25) is 0 Å². The van der Waals surface area contributed by atoms with Crippen LogP contribution in [0.25, 0.3) is 5.70 Å². The zero-order chi connectivity index (χ0) is 18.5. The Balaban J connectivity index is 1.89. The molecule has 2 aromatic rings. The van der Waals surface area contributed by atoms with Gasteiger partial charge in [0.05, 0.1) is 17.9 Å². The van der Waals surface area contributed by atoms with Gasteiger partial charge in [0.2, 0.25) is 0 Å². The Hall–Kier alpha value is -3.24. The van der Waals surface area contributed by atoms with Crippen molar-refractivity contribution in [3.05, 3.63) is 70.5 Å². The lowest BCUT2D eigenvalue weighted by atomic mass is 9.95. The van der Waals surface area contributed by atoms with Crippen LogP contribution in [-0.4, -0.2) is 24.2 Å². The number of carbonyl (C=O) groups is 1. The Morgan fingerprint density at radius 2 is 2.00 bits per heavy atom. The first-order valence-electron chi connectivity index (χ1n) is 8.27. The summed E-state index contributed by atoms with van der Waals surface area (Å²) in [4.78, 5) is 23.0. The van der Waals surface area contributed by atoms with E-state index in [4.69, 9.17) is 4.74 Å². The van der Waals surface area contributed by atoms with Crippen LogP contribution in [0.4, 0.5) is 4.39 Å². The molecule has 0 radical (unpaired) electrons. The summed E-state index contributed by atoms with van der Waals surface area (Å²) in [7, 11) is 0. The molecule has 3 rings (SSSR count). The number of hydrogen-bond donors (Lipinski definition) is 1. The predicted molar refractivity (Wildman–Crippen MR) is 95.9 cm³/mol. The zero-order valence-corrected chi connectivity index (χ0v) is 14.2. The summed E-state index contributed by atoms with van der Waals surface area (Å²) in [5.74, 6) is 0.534. The fraction of sp³-hybridized carbons (Fsp3) is 0.200. The monoisotopic (exact) mass is 352 g/mol. The van der Waals surface area contributed by atoms with Crippen LogP contribution in [0.5, 0.6) is 0 Å². The number of fused-ring (bicyclic) bond motifs is 1. The summed E-state index contributed by atoms with van der Waals surface area (Å²) in [6, 6.07) is 11.6. The molecule has 0 atom stereocenters. The van der Waals surface area contributed by atoms with Gasteiger partial charge in [-0.3, -0.25) is 5.43 Å². The lowest BCUT2D eigenvalue weighted by Crippen LogP contribution is -2.21. The minimum absolute atomic E-state index is 0.0953. The highest BCUT2D eigenvalue weighted by atomic mass is 19.1. The van der Waals surface area contributed by atoms with Crippen molar-refractivity contribution in [2.75, 3.05) is 6.61 Å². The van der Waals surface area contributed by atoms with Gasteiger partial charge in [-0.25, -0.2) is 14.0 Å². The van der Waals surface area contributed by atoms with Gasteiger partial charge in [-0.1, -0.05) is 37.3 Å². The SMILES string of the molecule is CCCOC(=O)c1cc(CC2=NNC(=C=O)c3ccccc32)ccc1F. The van der Waals surface area contributed by atoms with Gasteiger partial charge >= 0.3 is 5.97 Å². The first-order valence-corrected chi connectivity index (χ1v) is 8.27. The van der Waals surface area contributed by atoms with Gasteiger partial charge in [-0.15, -0.1) is 0 Å². The third-order valence-electron chi connectivity index (χ3n) is 3.97. The van der Waals surface area contributed by atoms with Gasteiger partial charge in [0.15, 0.2) is 5.94 Å². The molecule has 2 aromatic carbocycles. The Morgan fingerprint density at radius 3 is 2.73 bits per heavy atom. The Morgan fingerprint density at radius 1 is 1.23 bits per heavy atom. The van der Waals surface area contributed by atoms with Crippen molar-refractivity contribution in [3.63, 3.8) is 0 Å². The molecule has 1 N–H and O–H groups in total. The minimum Gasteiger partial charge on any atom is -0.462 e. The van der Waals surface area contributed by atoms with Crippen LogP contribution in [-0.2, 0) is 16.0 Å². The van der Waals surface area contributed by atoms with Crippen molar-refractivity contribution in [2.24, 2.45) is 5.10 Å². The van der Waals surface area contributed by atoms with Gasteiger partial charge in [0.1, 0.15) is 11.5 Å². The second-order valence-electron chi connectivity index (χ2n) is 5.82. The van der Waals surface area contributed by atoms with E-state index in [0.29, 0.717) is 29.7 Å². The molecule has 6 heteroatoms. The van der Waals surface area contributed by atoms with Gasteiger partial charge in [0, 0.05) is 17.5 Å². The van der Waals surface area contributed by atoms with E-state index in [9.17, 15) is 14.0 Å². The summed E-state index contributed by atoms with van der Waals surface area (Å²) in [5.41, 5.74) is 5.76. The Bertz CT molecular complexity index is 930. The Kier molecular flexibility index (Phi) is 5.25. The summed E-state index contributed by atoms with van der Waals surface area (Å²) < 4.78 is 19.0. The summed E-state index contributed by atoms with van der Waals surface area (Å²) in [6.45, 7) is 2.11. The number of nitrogens with zero attached hydrogens (tertiary/aromatic N) is 1. The zero-order valence-electron chi connectivity index (χ0n) is 14.2. The van der Waals surface area contributed by atoms with Crippen LogP contribution in [0.3, 0.4) is 0 Å². The molecule has 0 spiro atoms. The number of ether oxygens (including phenoxy) is 1. The van der Waals surface area contributed by atoms with Crippen molar-refractivity contribution >= 4 is 23.3 Å². The fourth-order valence-corrected chi connectivity index (χ4v) is 2.71. The molecule has 0 unspecified atom stereocenters. The molecule has 1 aliphatic heterocycles. The van der Waals surface area contributed by atoms with E-state index < -0.39 is 11.8 Å². The first-order chi connectivity index (χ1) is 12.6. The van der Waals surface area contributed by atoms with E-state index in [0.717, 1.165) is 5.56 Å². The number of halogens is 1. The smallest absolute Gasteiger partial charge is 0.341 e. The van der Waals surface area contributed by atoms with Crippen LogP contribution in [0, 0.1) is 5.82 Å². The highest BCUT2D eigenvalue weighted by Gasteiger charge is 2.20. The topological polar surface area (TPSA) is 67.8 Å². The number of carbonyl (C=O) groups excluding carboxylic acids is 2. The quantitative estimate of drug-likeness (QED) is 0.663. The summed E-state index contributed by atoms with van der Waals surface area (Å²) in [6.07, 6.45) is 1.03. The van der Waals surface area contributed by atoms with Gasteiger partial charge in [-0.2, -0.15) is 5.10 Å². The van der Waals surface area contributed by atoms with Gasteiger partial charge in [0.25, 0.3) is 0 Å². The molecule has 26 heavy (non-hydrogen) atoms. The average Bonchev–Trinajstić information content (AvgIpc) is 2.67. The van der Waals surface area contributed by atoms with E-state index in [-0.39, 0.29) is 17.9 Å². The second kappa shape index (κ2) is 7.76. The molecular formula is C20H17FN2O3. The minimum atomic E-state index is -0.679. The van der Waals surface area contributed by atoms with Crippen molar-refractivity contribution in [1.82, 2.24) is 5.43 Å². The van der Waals surface area contributed by atoms with Crippen LogP contribution in [0.1, 0.15) is 40.4 Å². The molecular weight excluding hydrogens is 335 g/mol. The number of nitrogens with one attached hydrogen (secondary N) is 1. The van der Waals surface area contributed by atoms with Gasteiger partial charge in [-0.05, 0) is 24.1 Å². The summed E-state index contributed by atoms with van der Waals surface area (Å²) in [5, 5.41) is 4.22. The lowest BCUT2D eigenvalue weighted by molar-refractivity contribution is 0.0499. The number of rotatable bonds is 5. The molecule has 0 saturated carbocycles. The normalized spacial score (nSPS) is 12.5. The molecule has 1 aliphatic rings. The largest absolute Gasteiger partial charge is 0.462 e.